The fourth-order valence-electron chi connectivity index (χ4n) is 6.35. The van der Waals surface area contributed by atoms with E-state index in [1.165, 1.54) is 219 Å². The Balaban J connectivity index is -0.00000137. The van der Waals surface area contributed by atoms with E-state index in [1.807, 2.05) is 0 Å². The first kappa shape index (κ1) is 54.6. The van der Waals surface area contributed by atoms with Gasteiger partial charge in [0.25, 0.3) is 5.97 Å². The molecule has 0 aromatic rings. The highest BCUT2D eigenvalue weighted by Gasteiger charge is 1.97. The summed E-state index contributed by atoms with van der Waals surface area (Å²) in [6, 6.07) is 0. The first-order valence-electron chi connectivity index (χ1n) is 22.8. The van der Waals surface area contributed by atoms with Crippen molar-refractivity contribution in [2.75, 3.05) is 52.4 Å². The van der Waals surface area contributed by atoms with Gasteiger partial charge in [-0.15, -0.1) is 0 Å². The molecule has 0 saturated heterocycles. The fraction of sp³-hybridized carbons (Fsp3) is 0.977. The number of carboxylic acids is 1. The zero-order valence-corrected chi connectivity index (χ0v) is 35.3. The second kappa shape index (κ2) is 56.0. The van der Waals surface area contributed by atoms with Gasteiger partial charge in [0.1, 0.15) is 0 Å². The molecule has 7 nitrogen and oxygen atoms in total. The van der Waals surface area contributed by atoms with Crippen LogP contribution in [0.1, 0.15) is 226 Å². The van der Waals surface area contributed by atoms with E-state index in [4.69, 9.17) is 21.4 Å². The molecule has 0 heterocycles. The van der Waals surface area contributed by atoms with Gasteiger partial charge in [-0.3, -0.25) is 4.79 Å². The molecule has 0 unspecified atom stereocenters. The third kappa shape index (κ3) is 67.9. The van der Waals surface area contributed by atoms with Crippen molar-refractivity contribution in [2.45, 2.75) is 226 Å². The molecule has 7 heteroatoms. The smallest absolute Gasteiger partial charge is 0.300 e. The second-order valence-corrected chi connectivity index (χ2v) is 15.0. The van der Waals surface area contributed by atoms with Crippen molar-refractivity contribution in [3.05, 3.63) is 0 Å². The average molecular weight is 728 g/mol. The maximum atomic E-state index is 9.00. The Morgan fingerprint density at radius 1 is 0.353 bits per heavy atom. The first-order valence-corrected chi connectivity index (χ1v) is 22.8. The second-order valence-electron chi connectivity index (χ2n) is 15.0. The van der Waals surface area contributed by atoms with Gasteiger partial charge < -0.3 is 32.5 Å². The van der Waals surface area contributed by atoms with Gasteiger partial charge >= 0.3 is 0 Å². The number of unbranched alkanes of at least 4 members (excludes halogenated alkanes) is 30. The summed E-state index contributed by atoms with van der Waals surface area (Å²) in [5, 5.41) is 17.4. The molecule has 51 heavy (non-hydrogen) atoms. The molecule has 0 spiro atoms. The topological polar surface area (TPSA) is 125 Å². The third-order valence-electron chi connectivity index (χ3n) is 9.53. The van der Waals surface area contributed by atoms with E-state index in [9.17, 15) is 0 Å². The van der Waals surface area contributed by atoms with Crippen molar-refractivity contribution >= 4 is 5.97 Å². The summed E-state index contributed by atoms with van der Waals surface area (Å²) < 4.78 is 0. The number of nitrogens with two attached hydrogens (primary N) is 2. The molecule has 0 aliphatic carbocycles. The Labute approximate surface area is 321 Å². The highest BCUT2D eigenvalue weighted by Crippen LogP contribution is 2.15. The van der Waals surface area contributed by atoms with Crippen molar-refractivity contribution in [2.24, 2.45) is 11.5 Å². The van der Waals surface area contributed by atoms with Crippen LogP contribution in [0.5, 0.6) is 0 Å². The van der Waals surface area contributed by atoms with Gasteiger partial charge in [0.05, 0.1) is 0 Å². The summed E-state index contributed by atoms with van der Waals surface area (Å²) >= 11 is 0. The number of carboxylic acid groups (broad SMARTS) is 1. The number of carbonyl (C=O) groups is 1. The Morgan fingerprint density at radius 2 is 0.529 bits per heavy atom. The number of nitrogens with one attached hydrogen (secondary N) is 3. The molecule has 0 radical (unpaired) electrons. The molecule has 0 rings (SSSR count). The first-order chi connectivity index (χ1) is 25.1. The number of rotatable bonds is 41. The van der Waals surface area contributed by atoms with Crippen LogP contribution in [0.4, 0.5) is 0 Å². The van der Waals surface area contributed by atoms with E-state index in [0.29, 0.717) is 13.1 Å². The SMILES string of the molecule is CC(=O)O.CCCCCCCCCCCCCCCCCCNCCCCCCCCCCCCCCCCCC.NCCNCCNCCN. The van der Waals surface area contributed by atoms with E-state index in [-0.39, 0.29) is 0 Å². The molecular weight excluding hydrogens is 631 g/mol. The molecule has 0 bridgehead atoms. The molecule has 0 amide bonds. The Kier molecular flexibility index (Phi) is 60.0. The largest absolute Gasteiger partial charge is 0.481 e. The minimum atomic E-state index is -0.833. The lowest BCUT2D eigenvalue weighted by Crippen LogP contribution is -2.32. The number of hydrogen-bond donors (Lipinski definition) is 6. The summed E-state index contributed by atoms with van der Waals surface area (Å²) in [7, 11) is 0. The van der Waals surface area contributed by atoms with Crippen LogP contribution >= 0.6 is 0 Å². The van der Waals surface area contributed by atoms with E-state index >= 15 is 0 Å². The van der Waals surface area contributed by atoms with Crippen LogP contribution in [-0.4, -0.2) is 63.4 Å². The summed E-state index contributed by atoms with van der Waals surface area (Å²) in [6.45, 7) is 13.3. The van der Waals surface area contributed by atoms with Gasteiger partial charge in [-0.25, -0.2) is 0 Å². The molecule has 8 N–H and O–H groups in total. The molecule has 0 aliphatic heterocycles. The van der Waals surface area contributed by atoms with Crippen LogP contribution in [0.15, 0.2) is 0 Å². The minimum Gasteiger partial charge on any atom is -0.481 e. The van der Waals surface area contributed by atoms with E-state index in [0.717, 1.165) is 33.1 Å². The van der Waals surface area contributed by atoms with E-state index < -0.39 is 5.97 Å². The molecule has 0 aliphatic rings. The Morgan fingerprint density at radius 3 is 0.725 bits per heavy atom. The summed E-state index contributed by atoms with van der Waals surface area (Å²) in [5.74, 6) is -0.833. The normalized spacial score (nSPS) is 10.8. The standard InChI is InChI=1S/C36H75N.C6H18N4.C2H4O2/c1-3-5-7-9-11-13-15-17-19-21-23-25-27-29-31-33-35-37-36-34-32-30-28-26-24-22-20-18-16-14-12-10-8-6-4-2;7-1-3-9-5-6-10-4-2-8;1-2(3)4/h37H,3-36H2,1-2H3;9-10H,1-8H2;1H3,(H,3,4). The Hall–Kier alpha value is -0.730. The minimum absolute atomic E-state index is 0.705. The molecule has 0 atom stereocenters. The van der Waals surface area contributed by atoms with Crippen molar-refractivity contribution in [1.29, 1.82) is 0 Å². The van der Waals surface area contributed by atoms with Crippen molar-refractivity contribution < 1.29 is 9.90 Å². The van der Waals surface area contributed by atoms with Gasteiger partial charge in [0.15, 0.2) is 0 Å². The third-order valence-corrected chi connectivity index (χ3v) is 9.53. The highest BCUT2D eigenvalue weighted by molar-refractivity contribution is 5.62. The van der Waals surface area contributed by atoms with Crippen LogP contribution in [0.2, 0.25) is 0 Å². The maximum Gasteiger partial charge on any atom is 0.300 e. The quantitative estimate of drug-likeness (QED) is 0.0346. The van der Waals surface area contributed by atoms with Gasteiger partial charge in [-0.2, -0.15) is 0 Å². The molecule has 0 saturated carbocycles. The van der Waals surface area contributed by atoms with Crippen molar-refractivity contribution in [3.63, 3.8) is 0 Å². The summed E-state index contributed by atoms with van der Waals surface area (Å²) in [6.07, 6.45) is 46.7. The van der Waals surface area contributed by atoms with Crippen LogP contribution < -0.4 is 27.4 Å². The monoisotopic (exact) mass is 728 g/mol. The zero-order valence-electron chi connectivity index (χ0n) is 35.3. The lowest BCUT2D eigenvalue weighted by molar-refractivity contribution is -0.134. The van der Waals surface area contributed by atoms with Gasteiger partial charge in [-0.1, -0.05) is 206 Å². The van der Waals surface area contributed by atoms with Crippen molar-refractivity contribution in [1.82, 2.24) is 16.0 Å². The van der Waals surface area contributed by atoms with Crippen LogP contribution in [0.3, 0.4) is 0 Å². The predicted octanol–water partition coefficient (Wildman–Crippen LogP) is 11.3. The van der Waals surface area contributed by atoms with E-state index in [1.54, 1.807) is 0 Å². The molecule has 0 aromatic carbocycles. The molecule has 0 aromatic heterocycles. The lowest BCUT2D eigenvalue weighted by Gasteiger charge is -2.06. The number of hydrogen-bond acceptors (Lipinski definition) is 6. The maximum absolute atomic E-state index is 9.00. The molecule has 0 fully saturated rings. The molecule has 310 valence electrons. The zero-order chi connectivity index (χ0) is 38.0. The van der Waals surface area contributed by atoms with Crippen LogP contribution in [0.25, 0.3) is 0 Å². The predicted molar refractivity (Wildman–Crippen MR) is 229 cm³/mol. The van der Waals surface area contributed by atoms with Crippen LogP contribution in [-0.2, 0) is 4.79 Å². The van der Waals surface area contributed by atoms with Crippen molar-refractivity contribution in [3.8, 4) is 0 Å². The highest BCUT2D eigenvalue weighted by atomic mass is 16.4. The van der Waals surface area contributed by atoms with Gasteiger partial charge in [0.2, 0.25) is 0 Å². The lowest BCUT2D eigenvalue weighted by atomic mass is 10.0. The van der Waals surface area contributed by atoms with Gasteiger partial charge in [0, 0.05) is 46.2 Å². The Bertz CT molecular complexity index is 536. The number of aliphatic carboxylic acids is 1. The summed E-state index contributed by atoms with van der Waals surface area (Å²) in [4.78, 5) is 9.00. The summed E-state index contributed by atoms with van der Waals surface area (Å²) in [5.41, 5.74) is 10.5. The van der Waals surface area contributed by atoms with E-state index in [2.05, 4.69) is 29.8 Å². The van der Waals surface area contributed by atoms with Gasteiger partial charge in [-0.05, 0) is 25.9 Å². The molecular formula is C44H97N5O2. The average Bonchev–Trinajstić information content (AvgIpc) is 3.12. The van der Waals surface area contributed by atoms with Crippen LogP contribution in [0, 0.1) is 0 Å². The fourth-order valence-corrected chi connectivity index (χ4v) is 6.35.